The van der Waals surface area contributed by atoms with Crippen molar-refractivity contribution in [1.29, 1.82) is 0 Å². The van der Waals surface area contributed by atoms with Crippen LogP contribution in [0, 0.1) is 5.82 Å². The van der Waals surface area contributed by atoms with Gasteiger partial charge in [-0.3, -0.25) is 4.79 Å². The Labute approximate surface area is 161 Å². The van der Waals surface area contributed by atoms with E-state index in [0.717, 1.165) is 0 Å². The number of hydrogen-bond acceptors (Lipinski definition) is 7. The Morgan fingerprint density at radius 1 is 1.04 bits per heavy atom. The van der Waals surface area contributed by atoms with E-state index in [9.17, 15) is 9.18 Å². The third kappa shape index (κ3) is 3.68. The second-order valence-electron chi connectivity index (χ2n) is 7.85. The third-order valence-corrected chi connectivity index (χ3v) is 4.70. The minimum Gasteiger partial charge on any atom is -0.342 e. The lowest BCUT2D eigenvalue weighted by Gasteiger charge is -2.36. The minimum absolute atomic E-state index is 0.251. The van der Waals surface area contributed by atoms with Gasteiger partial charge in [0.05, 0.1) is 6.21 Å². The van der Waals surface area contributed by atoms with Gasteiger partial charge in [0.25, 0.3) is 5.91 Å². The van der Waals surface area contributed by atoms with Gasteiger partial charge in [0.1, 0.15) is 24.1 Å². The first kappa shape index (κ1) is 19.4. The van der Waals surface area contributed by atoms with E-state index in [2.05, 4.69) is 10.5 Å². The average Bonchev–Trinajstić information content (AvgIpc) is 3.09. The zero-order valence-corrected chi connectivity index (χ0v) is 16.0. The largest absolute Gasteiger partial charge is 0.342 e. The number of hydrogen-bond donors (Lipinski definition) is 1. The molecule has 0 aliphatic carbocycles. The highest BCUT2D eigenvalue weighted by Gasteiger charge is 2.62. The van der Waals surface area contributed by atoms with E-state index in [1.807, 2.05) is 0 Å². The first-order valence-electron chi connectivity index (χ1n) is 9.09. The Morgan fingerprint density at radius 2 is 1.68 bits per heavy atom. The van der Waals surface area contributed by atoms with Gasteiger partial charge < -0.3 is 23.7 Å². The minimum atomic E-state index is -1.02. The summed E-state index contributed by atoms with van der Waals surface area (Å²) in [5.74, 6) is -2.76. The maximum absolute atomic E-state index is 13.7. The van der Waals surface area contributed by atoms with Crippen molar-refractivity contribution in [2.75, 3.05) is 0 Å². The van der Waals surface area contributed by atoms with Crippen molar-refractivity contribution in [3.63, 3.8) is 0 Å². The molecule has 4 rings (SSSR count). The molecule has 1 N–H and O–H groups in total. The lowest BCUT2D eigenvalue weighted by molar-refractivity contribution is -0.231. The van der Waals surface area contributed by atoms with Gasteiger partial charge in [0, 0.05) is 5.56 Å². The van der Waals surface area contributed by atoms with Crippen LogP contribution >= 0.6 is 0 Å². The summed E-state index contributed by atoms with van der Waals surface area (Å²) >= 11 is 0. The Morgan fingerprint density at radius 3 is 2.43 bits per heavy atom. The molecular weight excluding hydrogens is 371 g/mol. The summed E-state index contributed by atoms with van der Waals surface area (Å²) in [7, 11) is 0. The van der Waals surface area contributed by atoms with Crippen LogP contribution in [0.5, 0.6) is 0 Å². The molecule has 28 heavy (non-hydrogen) atoms. The summed E-state index contributed by atoms with van der Waals surface area (Å²) in [6.45, 7) is 7.04. The molecule has 0 unspecified atom stereocenters. The Kier molecular flexibility index (Phi) is 4.75. The van der Waals surface area contributed by atoms with E-state index >= 15 is 0 Å². The fourth-order valence-electron chi connectivity index (χ4n) is 3.63. The second kappa shape index (κ2) is 6.85. The van der Waals surface area contributed by atoms with Gasteiger partial charge in [0.15, 0.2) is 24.0 Å². The number of halogens is 1. The van der Waals surface area contributed by atoms with Gasteiger partial charge in [-0.25, -0.2) is 9.82 Å². The van der Waals surface area contributed by atoms with Gasteiger partial charge in [-0.15, -0.1) is 0 Å². The number of carbonyl (C=O) groups excluding carboxylic acids is 1. The fourth-order valence-corrected chi connectivity index (χ4v) is 3.63. The molecule has 0 radical (unpaired) electrons. The fraction of sp³-hybridized carbons (Fsp3) is 0.579. The molecule has 1 amide bonds. The summed E-state index contributed by atoms with van der Waals surface area (Å²) in [5.41, 5.74) is 2.63. The van der Waals surface area contributed by atoms with E-state index in [1.54, 1.807) is 45.9 Å². The van der Waals surface area contributed by atoms with Crippen LogP contribution < -0.4 is 5.43 Å². The average molecular weight is 394 g/mol. The van der Waals surface area contributed by atoms with Crippen LogP contribution in [0.2, 0.25) is 0 Å². The molecule has 5 atom stereocenters. The molecule has 9 heteroatoms. The van der Waals surface area contributed by atoms with Crippen molar-refractivity contribution in [3.05, 3.63) is 35.6 Å². The normalized spacial score (nSPS) is 35.5. The Hall–Kier alpha value is -1.91. The lowest BCUT2D eigenvalue weighted by atomic mass is 9.98. The standard InChI is InChI=1S/C19H23FN2O6/c1-18(2)25-12-13(26-18)15-17(28-19(3,4)27-15)24-14(12)16(23)22-21-9-10-7-5-6-8-11(10)20/h5-9,12-15,17H,1-4H3,(H,22,23)/b21-9-/t12-,13+,14-,15+,17+/m0/s1. The smallest absolute Gasteiger partial charge is 0.272 e. The summed E-state index contributed by atoms with van der Waals surface area (Å²) in [5, 5.41) is 3.83. The number of amides is 1. The number of hydrazone groups is 1. The first-order chi connectivity index (χ1) is 13.2. The molecule has 0 spiro atoms. The maximum Gasteiger partial charge on any atom is 0.272 e. The van der Waals surface area contributed by atoms with Gasteiger partial charge >= 0.3 is 0 Å². The highest BCUT2D eigenvalue weighted by Crippen LogP contribution is 2.44. The lowest BCUT2D eigenvalue weighted by Crippen LogP contribution is -2.59. The van der Waals surface area contributed by atoms with Crippen LogP contribution in [0.25, 0.3) is 0 Å². The van der Waals surface area contributed by atoms with Gasteiger partial charge in [0.2, 0.25) is 0 Å². The molecule has 152 valence electrons. The molecule has 3 fully saturated rings. The number of carbonyl (C=O) groups is 1. The van der Waals surface area contributed by atoms with Crippen molar-refractivity contribution in [3.8, 4) is 0 Å². The van der Waals surface area contributed by atoms with E-state index in [0.29, 0.717) is 0 Å². The number of ether oxygens (including phenoxy) is 5. The molecule has 3 saturated heterocycles. The number of nitrogens with zero attached hydrogens (tertiary/aromatic N) is 1. The van der Waals surface area contributed by atoms with Crippen LogP contribution in [0.15, 0.2) is 29.4 Å². The van der Waals surface area contributed by atoms with Crippen molar-refractivity contribution in [2.24, 2.45) is 5.10 Å². The predicted molar refractivity (Wildman–Crippen MR) is 94.7 cm³/mol. The molecule has 3 aliphatic heterocycles. The molecule has 3 aliphatic rings. The first-order valence-corrected chi connectivity index (χ1v) is 9.09. The van der Waals surface area contributed by atoms with Crippen LogP contribution in [-0.4, -0.2) is 54.4 Å². The van der Waals surface area contributed by atoms with E-state index in [-0.39, 0.29) is 5.56 Å². The second-order valence-corrected chi connectivity index (χ2v) is 7.85. The molecule has 1 aromatic carbocycles. The zero-order valence-electron chi connectivity index (χ0n) is 16.0. The van der Waals surface area contributed by atoms with E-state index in [4.69, 9.17) is 23.7 Å². The van der Waals surface area contributed by atoms with Crippen LogP contribution in [0.3, 0.4) is 0 Å². The Balaban J connectivity index is 1.50. The SMILES string of the molecule is CC1(C)O[C@H]2O[C@H](C(=O)N/N=C\c3ccccc3F)[C@H]3OC(C)(C)O[C@H]3[C@H]2O1. The maximum atomic E-state index is 13.7. The summed E-state index contributed by atoms with van der Waals surface area (Å²) < 4.78 is 43.0. The highest BCUT2D eigenvalue weighted by atomic mass is 19.1. The van der Waals surface area contributed by atoms with Gasteiger partial charge in [-0.1, -0.05) is 18.2 Å². The van der Waals surface area contributed by atoms with Gasteiger partial charge in [-0.05, 0) is 33.8 Å². The van der Waals surface area contributed by atoms with Crippen molar-refractivity contribution >= 4 is 12.1 Å². The Bertz CT molecular complexity index is 798. The molecule has 8 nitrogen and oxygen atoms in total. The molecule has 0 aromatic heterocycles. The molecule has 1 aromatic rings. The molecule has 0 saturated carbocycles. The number of rotatable bonds is 3. The molecular formula is C19H23FN2O6. The van der Waals surface area contributed by atoms with Crippen LogP contribution in [-0.2, 0) is 28.5 Å². The number of benzene rings is 1. The topological polar surface area (TPSA) is 87.6 Å². The quantitative estimate of drug-likeness (QED) is 0.620. The molecule has 0 bridgehead atoms. The van der Waals surface area contributed by atoms with E-state index < -0.39 is 54.0 Å². The van der Waals surface area contributed by atoms with Crippen LogP contribution in [0.1, 0.15) is 33.3 Å². The van der Waals surface area contributed by atoms with Crippen molar-refractivity contribution < 1.29 is 32.9 Å². The predicted octanol–water partition coefficient (Wildman–Crippen LogP) is 1.67. The van der Waals surface area contributed by atoms with Gasteiger partial charge in [-0.2, -0.15) is 5.10 Å². The number of fused-ring (bicyclic) bond motifs is 3. The monoisotopic (exact) mass is 394 g/mol. The summed E-state index contributed by atoms with van der Waals surface area (Å²) in [6, 6.07) is 6.10. The van der Waals surface area contributed by atoms with Crippen molar-refractivity contribution in [1.82, 2.24) is 5.43 Å². The van der Waals surface area contributed by atoms with Crippen molar-refractivity contribution in [2.45, 2.75) is 70.0 Å². The summed E-state index contributed by atoms with van der Waals surface area (Å²) in [4.78, 5) is 12.7. The van der Waals surface area contributed by atoms with Crippen LogP contribution in [0.4, 0.5) is 4.39 Å². The van der Waals surface area contributed by atoms with E-state index in [1.165, 1.54) is 12.3 Å². The number of nitrogens with one attached hydrogen (secondary N) is 1. The summed E-state index contributed by atoms with van der Waals surface area (Å²) in [6.07, 6.45) is -2.33. The molecule has 3 heterocycles. The highest BCUT2D eigenvalue weighted by molar-refractivity contribution is 5.85. The zero-order chi connectivity index (χ0) is 20.1. The third-order valence-electron chi connectivity index (χ3n) is 4.70.